The van der Waals surface area contributed by atoms with Crippen molar-refractivity contribution < 1.29 is 27.9 Å². The van der Waals surface area contributed by atoms with Gasteiger partial charge in [-0.2, -0.15) is 0 Å². The van der Waals surface area contributed by atoms with Gasteiger partial charge in [0.1, 0.15) is 17.9 Å². The number of sulfonamides is 1. The van der Waals surface area contributed by atoms with Crippen molar-refractivity contribution in [2.75, 3.05) is 13.2 Å². The maximum absolute atomic E-state index is 13.0. The van der Waals surface area contributed by atoms with Crippen molar-refractivity contribution in [2.45, 2.75) is 31.0 Å². The Hall–Kier alpha value is -4.10. The van der Waals surface area contributed by atoms with Crippen molar-refractivity contribution in [1.29, 1.82) is 5.41 Å². The number of amidine groups is 1. The van der Waals surface area contributed by atoms with Gasteiger partial charge < -0.3 is 26.2 Å². The standard InChI is InChI=1S/C28H33N5O6S/c29-26(30)23-13-11-20(12-14-23)15-31-27(35)25(18-39-17-21-7-3-1-4-8-21)32-28(36)24(16-34)33-40(37,38)19-22-9-5-2-6-10-22/h1-14,24-25,33-34H,15-19H2,(H3,29,30)(H,31,35)(H,32,36)/t24-,25-/m0/s1. The number of aliphatic hydroxyl groups is 1. The molecular formula is C28H33N5O6S. The zero-order chi connectivity index (χ0) is 29.0. The summed E-state index contributed by atoms with van der Waals surface area (Å²) in [7, 11) is -3.98. The van der Waals surface area contributed by atoms with Crippen molar-refractivity contribution in [3.63, 3.8) is 0 Å². The van der Waals surface area contributed by atoms with Crippen molar-refractivity contribution >= 4 is 27.7 Å². The highest BCUT2D eigenvalue weighted by molar-refractivity contribution is 7.88. The van der Waals surface area contributed by atoms with Crippen molar-refractivity contribution in [3.05, 3.63) is 107 Å². The van der Waals surface area contributed by atoms with Crippen LogP contribution in [0.5, 0.6) is 0 Å². The van der Waals surface area contributed by atoms with Crippen LogP contribution < -0.4 is 21.1 Å². The molecule has 12 heteroatoms. The fraction of sp³-hybridized carbons (Fsp3) is 0.250. The van der Waals surface area contributed by atoms with Gasteiger partial charge in [-0.15, -0.1) is 0 Å². The molecule has 212 valence electrons. The summed E-state index contributed by atoms with van der Waals surface area (Å²) in [6.45, 7) is -0.721. The van der Waals surface area contributed by atoms with E-state index in [-0.39, 0.29) is 31.3 Å². The first kappa shape index (κ1) is 30.4. The van der Waals surface area contributed by atoms with Crippen LogP contribution in [0.4, 0.5) is 0 Å². The number of hydrogen-bond acceptors (Lipinski definition) is 7. The second-order valence-electron chi connectivity index (χ2n) is 8.99. The summed E-state index contributed by atoms with van der Waals surface area (Å²) < 4.78 is 33.1. The third-order valence-corrected chi connectivity index (χ3v) is 7.14. The second kappa shape index (κ2) is 14.9. The summed E-state index contributed by atoms with van der Waals surface area (Å²) in [5.74, 6) is -1.91. The predicted octanol–water partition coefficient (Wildman–Crippen LogP) is 0.769. The highest BCUT2D eigenvalue weighted by Gasteiger charge is 2.28. The van der Waals surface area contributed by atoms with Gasteiger partial charge >= 0.3 is 0 Å². The maximum Gasteiger partial charge on any atom is 0.245 e. The highest BCUT2D eigenvalue weighted by Crippen LogP contribution is 2.07. The number of benzene rings is 3. The van der Waals surface area contributed by atoms with Crippen LogP contribution in [0.15, 0.2) is 84.9 Å². The van der Waals surface area contributed by atoms with E-state index in [2.05, 4.69) is 15.4 Å². The van der Waals surface area contributed by atoms with Crippen LogP contribution in [0, 0.1) is 5.41 Å². The Balaban J connectivity index is 1.65. The predicted molar refractivity (Wildman–Crippen MR) is 150 cm³/mol. The van der Waals surface area contributed by atoms with Crippen LogP contribution in [0.3, 0.4) is 0 Å². The van der Waals surface area contributed by atoms with Gasteiger partial charge in [-0.1, -0.05) is 84.9 Å². The molecule has 0 aliphatic heterocycles. The third kappa shape index (κ3) is 9.89. The minimum Gasteiger partial charge on any atom is -0.394 e. The van der Waals surface area contributed by atoms with E-state index >= 15 is 0 Å². The first-order chi connectivity index (χ1) is 19.2. The SMILES string of the molecule is N=C(N)c1ccc(CNC(=O)[C@H](COCc2ccccc2)NC(=O)[C@H](CO)NS(=O)(=O)Cc2ccccc2)cc1. The average Bonchev–Trinajstić information content (AvgIpc) is 2.95. The molecule has 0 radical (unpaired) electrons. The van der Waals surface area contributed by atoms with Crippen molar-refractivity contribution in [2.24, 2.45) is 5.73 Å². The summed E-state index contributed by atoms with van der Waals surface area (Å²) in [4.78, 5) is 26.0. The Labute approximate surface area is 233 Å². The lowest BCUT2D eigenvalue weighted by Gasteiger charge is -2.22. The molecule has 7 N–H and O–H groups in total. The minimum atomic E-state index is -3.98. The lowest BCUT2D eigenvalue weighted by Crippen LogP contribution is -2.56. The molecule has 0 aliphatic rings. The first-order valence-electron chi connectivity index (χ1n) is 12.4. The van der Waals surface area contributed by atoms with E-state index in [4.69, 9.17) is 15.9 Å². The molecule has 3 aromatic rings. The Morgan fingerprint density at radius 2 is 1.45 bits per heavy atom. The van der Waals surface area contributed by atoms with Gasteiger partial charge in [0, 0.05) is 12.1 Å². The van der Waals surface area contributed by atoms with Gasteiger partial charge in [0.2, 0.25) is 21.8 Å². The van der Waals surface area contributed by atoms with Crippen molar-refractivity contribution in [3.8, 4) is 0 Å². The molecule has 3 aromatic carbocycles. The number of rotatable bonds is 15. The molecule has 0 fully saturated rings. The molecular weight excluding hydrogens is 534 g/mol. The molecule has 0 heterocycles. The summed E-state index contributed by atoms with van der Waals surface area (Å²) in [6.07, 6.45) is 0. The molecule has 0 aromatic heterocycles. The number of nitrogens with two attached hydrogens (primary N) is 1. The molecule has 0 unspecified atom stereocenters. The summed E-state index contributed by atoms with van der Waals surface area (Å²) in [5.41, 5.74) is 8.12. The van der Waals surface area contributed by atoms with Gasteiger partial charge in [-0.25, -0.2) is 13.1 Å². The number of ether oxygens (including phenoxy) is 1. The van der Waals surface area contributed by atoms with E-state index in [1.54, 1.807) is 54.6 Å². The van der Waals surface area contributed by atoms with E-state index in [0.717, 1.165) is 11.1 Å². The van der Waals surface area contributed by atoms with Gasteiger partial charge in [-0.05, 0) is 16.7 Å². The normalized spacial score (nSPS) is 12.7. The molecule has 3 rings (SSSR count). The van der Waals surface area contributed by atoms with Crippen LogP contribution in [0.1, 0.15) is 22.3 Å². The third-order valence-electron chi connectivity index (χ3n) is 5.78. The monoisotopic (exact) mass is 567 g/mol. The number of nitrogen functional groups attached to an aromatic ring is 1. The van der Waals surface area contributed by atoms with E-state index in [1.165, 1.54) is 0 Å². The van der Waals surface area contributed by atoms with E-state index in [1.807, 2.05) is 30.3 Å². The Bertz CT molecular complexity index is 1370. The fourth-order valence-electron chi connectivity index (χ4n) is 3.66. The molecule has 0 spiro atoms. The van der Waals surface area contributed by atoms with Crippen LogP contribution in [-0.2, 0) is 43.3 Å². The number of hydrogen-bond donors (Lipinski definition) is 6. The second-order valence-corrected chi connectivity index (χ2v) is 10.7. The number of aliphatic hydroxyl groups excluding tert-OH is 1. The topological polar surface area (TPSA) is 184 Å². The number of carbonyl (C=O) groups excluding carboxylic acids is 2. The van der Waals surface area contributed by atoms with Crippen LogP contribution in [-0.4, -0.2) is 56.5 Å². The zero-order valence-corrected chi connectivity index (χ0v) is 22.6. The fourth-order valence-corrected chi connectivity index (χ4v) is 4.99. The van der Waals surface area contributed by atoms with E-state index in [0.29, 0.717) is 11.1 Å². The summed E-state index contributed by atoms with van der Waals surface area (Å²) in [6, 6.07) is 21.7. The van der Waals surface area contributed by atoms with Crippen molar-refractivity contribution in [1.82, 2.24) is 15.4 Å². The van der Waals surface area contributed by atoms with Crippen LogP contribution in [0.2, 0.25) is 0 Å². The maximum atomic E-state index is 13.0. The number of carbonyl (C=O) groups is 2. The van der Waals surface area contributed by atoms with Gasteiger partial charge in [-0.3, -0.25) is 15.0 Å². The number of amides is 2. The first-order valence-corrected chi connectivity index (χ1v) is 14.1. The lowest BCUT2D eigenvalue weighted by atomic mass is 10.1. The average molecular weight is 568 g/mol. The zero-order valence-electron chi connectivity index (χ0n) is 21.7. The van der Waals surface area contributed by atoms with Crippen LogP contribution >= 0.6 is 0 Å². The summed E-state index contributed by atoms with van der Waals surface area (Å²) >= 11 is 0. The lowest BCUT2D eigenvalue weighted by molar-refractivity contribution is -0.132. The van der Waals surface area contributed by atoms with E-state index < -0.39 is 40.5 Å². The Morgan fingerprint density at radius 1 is 0.850 bits per heavy atom. The molecule has 40 heavy (non-hydrogen) atoms. The largest absolute Gasteiger partial charge is 0.394 e. The minimum absolute atomic E-state index is 0.0771. The van der Waals surface area contributed by atoms with Gasteiger partial charge in [0.15, 0.2) is 0 Å². The van der Waals surface area contributed by atoms with Gasteiger partial charge in [0.05, 0.1) is 25.6 Å². The highest BCUT2D eigenvalue weighted by atomic mass is 32.2. The van der Waals surface area contributed by atoms with Gasteiger partial charge in [0.25, 0.3) is 0 Å². The van der Waals surface area contributed by atoms with Crippen LogP contribution in [0.25, 0.3) is 0 Å². The summed E-state index contributed by atoms with van der Waals surface area (Å²) in [5, 5.41) is 22.5. The molecule has 2 amide bonds. The molecule has 0 saturated heterocycles. The quantitative estimate of drug-likeness (QED) is 0.116. The smallest absolute Gasteiger partial charge is 0.245 e. The van der Waals surface area contributed by atoms with E-state index in [9.17, 15) is 23.1 Å². The number of nitrogens with one attached hydrogen (secondary N) is 4. The molecule has 2 atom stereocenters. The Kier molecular flexibility index (Phi) is 11.3. The molecule has 0 aliphatic carbocycles. The Morgan fingerprint density at radius 3 is 2.02 bits per heavy atom. The molecule has 0 bridgehead atoms. The molecule has 11 nitrogen and oxygen atoms in total. The molecule has 0 saturated carbocycles.